The Morgan fingerprint density at radius 3 is 2.35 bits per heavy atom. The van der Waals surface area contributed by atoms with Crippen molar-refractivity contribution in [2.24, 2.45) is 5.92 Å². The van der Waals surface area contributed by atoms with Crippen molar-refractivity contribution in [1.82, 2.24) is 4.72 Å². The van der Waals surface area contributed by atoms with Crippen LogP contribution in [0.25, 0.3) is 0 Å². The monoisotopic (exact) mass is 591 g/mol. The zero-order valence-electron chi connectivity index (χ0n) is 26.8. The second kappa shape index (κ2) is 11.5. The maximum atomic E-state index is 12.9. The summed E-state index contributed by atoms with van der Waals surface area (Å²) in [7, 11) is -5.87. The summed E-state index contributed by atoms with van der Waals surface area (Å²) in [4.78, 5) is 12.9. The summed E-state index contributed by atoms with van der Waals surface area (Å²) >= 11 is 0. The van der Waals surface area contributed by atoms with E-state index in [1.54, 1.807) is 0 Å². The van der Waals surface area contributed by atoms with Gasteiger partial charge in [0.25, 0.3) is 5.91 Å². The van der Waals surface area contributed by atoms with Gasteiger partial charge in [0.2, 0.25) is 18.3 Å². The van der Waals surface area contributed by atoms with Gasteiger partial charge in [0.15, 0.2) is 0 Å². The lowest BCUT2D eigenvalue weighted by molar-refractivity contribution is -0.116. The van der Waals surface area contributed by atoms with E-state index in [1.165, 1.54) is 31.2 Å². The third kappa shape index (κ3) is 7.33. The molecule has 0 radical (unpaired) electrons. The summed E-state index contributed by atoms with van der Waals surface area (Å²) in [5, 5.41) is 0.00670. The molecule has 226 valence electrons. The first kappa shape index (κ1) is 32.7. The summed E-state index contributed by atoms with van der Waals surface area (Å²) in [5.41, 5.74) is 2.25. The number of carbonyl (C=O) groups is 1. The van der Waals surface area contributed by atoms with Gasteiger partial charge < -0.3 is 9.16 Å². The molecular formula is C32H53NO5SSi. The van der Waals surface area contributed by atoms with Crippen molar-refractivity contribution in [2.45, 2.75) is 135 Å². The SMILES string of the molecule is CCCCCCC(C)(C)c1cc2c(c(O[Si](C)(C)C(C)(C)C)c1)[C@@H]1CC(C(=O)NS(C)(=O)=O)=CC[C@H]1C(C)(C)O2. The number of hydrogen-bond donors (Lipinski definition) is 1. The quantitative estimate of drug-likeness (QED) is 0.220. The van der Waals surface area contributed by atoms with Gasteiger partial charge in [-0.05, 0) is 74.4 Å². The number of benzene rings is 1. The van der Waals surface area contributed by atoms with E-state index < -0.39 is 29.8 Å². The number of rotatable bonds is 10. The summed E-state index contributed by atoms with van der Waals surface area (Å²) in [6, 6.07) is 4.45. The highest BCUT2D eigenvalue weighted by Crippen LogP contribution is 2.56. The lowest BCUT2D eigenvalue weighted by Crippen LogP contribution is -2.48. The maximum Gasteiger partial charge on any atom is 0.260 e. The highest BCUT2D eigenvalue weighted by atomic mass is 32.2. The van der Waals surface area contributed by atoms with E-state index >= 15 is 0 Å². The number of sulfonamides is 1. The molecule has 40 heavy (non-hydrogen) atoms. The third-order valence-corrected chi connectivity index (χ3v) is 14.4. The Bertz CT molecular complexity index is 1240. The highest BCUT2D eigenvalue weighted by Gasteiger charge is 2.48. The first-order chi connectivity index (χ1) is 18.2. The van der Waals surface area contributed by atoms with Crippen LogP contribution in [0.2, 0.25) is 18.1 Å². The molecule has 0 aromatic heterocycles. The molecule has 0 fully saturated rings. The van der Waals surface area contributed by atoms with E-state index in [4.69, 9.17) is 9.16 Å². The normalized spacial score (nSPS) is 21.0. The van der Waals surface area contributed by atoms with Crippen LogP contribution in [0.3, 0.4) is 0 Å². The summed E-state index contributed by atoms with van der Waals surface area (Å²) < 4.78 is 39.7. The van der Waals surface area contributed by atoms with Crippen LogP contribution in [-0.4, -0.2) is 34.5 Å². The molecule has 1 aliphatic carbocycles. The molecule has 1 aliphatic heterocycles. The molecule has 2 atom stereocenters. The Labute approximate surface area is 244 Å². The van der Waals surface area contributed by atoms with Gasteiger partial charge in [0.05, 0.1) is 6.26 Å². The standard InChI is InChI=1S/C32H53NO5SSi/c1-12-13-14-15-18-31(5,6)23-20-26-28(27(21-23)38-40(10,11)30(2,3)4)24-19-22(29(34)33-39(9,35)36)16-17-25(24)32(7,8)37-26/h16,20-21,24-25H,12-15,17-19H2,1-11H3,(H,33,34)/t24-,25-/m1/s1. The zero-order valence-corrected chi connectivity index (χ0v) is 28.6. The van der Waals surface area contributed by atoms with Crippen LogP contribution in [0, 0.1) is 5.92 Å². The number of ether oxygens (including phenoxy) is 1. The number of allylic oxidation sites excluding steroid dienone is 1. The molecule has 1 N–H and O–H groups in total. The number of unbranched alkanes of at least 4 members (excludes halogenated alkanes) is 3. The number of amides is 1. The van der Waals surface area contributed by atoms with Gasteiger partial charge >= 0.3 is 0 Å². The fourth-order valence-electron chi connectivity index (χ4n) is 5.84. The Kier molecular flexibility index (Phi) is 9.38. The number of hydrogen-bond acceptors (Lipinski definition) is 5. The predicted octanol–water partition coefficient (Wildman–Crippen LogP) is 7.99. The molecule has 1 heterocycles. The average molecular weight is 592 g/mol. The smallest absolute Gasteiger partial charge is 0.260 e. The third-order valence-electron chi connectivity index (χ3n) is 9.46. The minimum absolute atomic E-state index is 0.00670. The number of nitrogens with one attached hydrogen (secondary N) is 1. The van der Waals surface area contributed by atoms with E-state index in [9.17, 15) is 13.2 Å². The van der Waals surface area contributed by atoms with Crippen molar-refractivity contribution >= 4 is 24.2 Å². The van der Waals surface area contributed by atoms with E-state index in [0.717, 1.165) is 29.7 Å². The van der Waals surface area contributed by atoms with Gasteiger partial charge in [-0.3, -0.25) is 4.79 Å². The molecule has 1 aromatic rings. The second-order valence-electron chi connectivity index (χ2n) is 14.7. The molecule has 0 spiro atoms. The Balaban J connectivity index is 2.14. The molecule has 8 heteroatoms. The van der Waals surface area contributed by atoms with Gasteiger partial charge in [-0.2, -0.15) is 0 Å². The van der Waals surface area contributed by atoms with Gasteiger partial charge in [-0.25, -0.2) is 13.1 Å². The zero-order chi connectivity index (χ0) is 30.3. The fourth-order valence-corrected chi connectivity index (χ4v) is 7.33. The molecule has 1 amide bonds. The lowest BCUT2D eigenvalue weighted by Gasteiger charge is -2.48. The largest absolute Gasteiger partial charge is 0.543 e. The fraction of sp³-hybridized carbons (Fsp3) is 0.719. The molecule has 3 rings (SSSR count). The van der Waals surface area contributed by atoms with E-state index in [0.29, 0.717) is 18.4 Å². The van der Waals surface area contributed by atoms with E-state index in [2.05, 4.69) is 85.3 Å². The molecule has 1 aromatic carbocycles. The van der Waals surface area contributed by atoms with Crippen LogP contribution in [0.1, 0.15) is 117 Å². The Morgan fingerprint density at radius 2 is 1.77 bits per heavy atom. The topological polar surface area (TPSA) is 81.7 Å². The highest BCUT2D eigenvalue weighted by molar-refractivity contribution is 7.89. The van der Waals surface area contributed by atoms with Gasteiger partial charge in [-0.15, -0.1) is 0 Å². The second-order valence-corrected chi connectivity index (χ2v) is 21.2. The van der Waals surface area contributed by atoms with Crippen LogP contribution >= 0.6 is 0 Å². The van der Waals surface area contributed by atoms with Crippen LogP contribution in [0.5, 0.6) is 11.5 Å². The summed E-state index contributed by atoms with van der Waals surface area (Å²) in [5.74, 6) is 1.28. The maximum absolute atomic E-state index is 12.9. The molecule has 0 unspecified atom stereocenters. The molecule has 0 bridgehead atoms. The van der Waals surface area contributed by atoms with Gasteiger partial charge in [-0.1, -0.05) is 73.3 Å². The first-order valence-corrected chi connectivity index (χ1v) is 19.8. The van der Waals surface area contributed by atoms with Crippen molar-refractivity contribution in [3.05, 3.63) is 34.9 Å². The summed E-state index contributed by atoms with van der Waals surface area (Å²) in [6.45, 7) is 22.4. The molecule has 2 aliphatic rings. The lowest BCUT2D eigenvalue weighted by atomic mass is 9.66. The molecular weight excluding hydrogens is 539 g/mol. The molecule has 0 saturated heterocycles. The van der Waals surface area contributed by atoms with Crippen molar-refractivity contribution < 1.29 is 22.4 Å². The Hall–Kier alpha value is -1.80. The van der Waals surface area contributed by atoms with Crippen molar-refractivity contribution in [3.8, 4) is 11.5 Å². The molecule has 0 saturated carbocycles. The number of carbonyl (C=O) groups excluding carboxylic acids is 1. The van der Waals surface area contributed by atoms with Crippen molar-refractivity contribution in [2.75, 3.05) is 6.26 Å². The Morgan fingerprint density at radius 1 is 1.12 bits per heavy atom. The number of fused-ring (bicyclic) bond motifs is 3. The van der Waals surface area contributed by atoms with Crippen LogP contribution in [-0.2, 0) is 20.2 Å². The van der Waals surface area contributed by atoms with Crippen LogP contribution < -0.4 is 13.9 Å². The first-order valence-electron chi connectivity index (χ1n) is 15.0. The molecule has 6 nitrogen and oxygen atoms in total. The minimum Gasteiger partial charge on any atom is -0.543 e. The summed E-state index contributed by atoms with van der Waals surface area (Å²) in [6.07, 6.45) is 9.94. The van der Waals surface area contributed by atoms with Gasteiger partial charge in [0.1, 0.15) is 17.1 Å². The van der Waals surface area contributed by atoms with E-state index in [-0.39, 0.29) is 22.3 Å². The minimum atomic E-state index is -3.65. The van der Waals surface area contributed by atoms with E-state index in [1.807, 2.05) is 6.08 Å². The average Bonchev–Trinajstić information content (AvgIpc) is 2.78. The van der Waals surface area contributed by atoms with Crippen LogP contribution in [0.4, 0.5) is 0 Å². The predicted molar refractivity (Wildman–Crippen MR) is 167 cm³/mol. The van der Waals surface area contributed by atoms with Crippen molar-refractivity contribution in [1.29, 1.82) is 0 Å². The van der Waals surface area contributed by atoms with Crippen molar-refractivity contribution in [3.63, 3.8) is 0 Å². The van der Waals surface area contributed by atoms with Gasteiger partial charge in [0, 0.05) is 23.0 Å². The van der Waals surface area contributed by atoms with Crippen LogP contribution in [0.15, 0.2) is 23.8 Å².